The molecule has 4 heteroatoms. The van der Waals surface area contributed by atoms with E-state index in [-0.39, 0.29) is 6.61 Å². The van der Waals surface area contributed by atoms with Gasteiger partial charge in [-0.1, -0.05) is 12.1 Å². The van der Waals surface area contributed by atoms with Gasteiger partial charge in [0, 0.05) is 28.9 Å². The number of hydrogen-bond acceptors (Lipinski definition) is 4. The summed E-state index contributed by atoms with van der Waals surface area (Å²) in [7, 11) is 0. The number of nitrogens with zero attached hydrogens (tertiary/aromatic N) is 1. The fourth-order valence-corrected chi connectivity index (χ4v) is 2.11. The minimum Gasteiger partial charge on any atom is -0.457 e. The average molecular weight is 266 g/mol. The number of nitrogen functional groups attached to an aromatic ring is 1. The van der Waals surface area contributed by atoms with E-state index in [1.807, 2.05) is 36.4 Å². The molecule has 3 N–H and O–H groups in total. The van der Waals surface area contributed by atoms with E-state index in [0.717, 1.165) is 16.3 Å². The van der Waals surface area contributed by atoms with E-state index in [4.69, 9.17) is 15.6 Å². The van der Waals surface area contributed by atoms with Crippen molar-refractivity contribution >= 4 is 16.5 Å². The molecule has 0 aliphatic carbocycles. The van der Waals surface area contributed by atoms with Crippen LogP contribution >= 0.6 is 0 Å². The van der Waals surface area contributed by atoms with Crippen LogP contribution in [0.4, 0.5) is 5.69 Å². The van der Waals surface area contributed by atoms with Gasteiger partial charge in [0.1, 0.15) is 11.5 Å². The average Bonchev–Trinajstić information content (AvgIpc) is 2.51. The van der Waals surface area contributed by atoms with E-state index in [9.17, 15) is 0 Å². The molecule has 3 rings (SSSR count). The summed E-state index contributed by atoms with van der Waals surface area (Å²) in [5.74, 6) is 1.36. The molecule has 1 heterocycles. The molecular weight excluding hydrogens is 252 g/mol. The number of hydrogen-bond donors (Lipinski definition) is 2. The van der Waals surface area contributed by atoms with E-state index in [2.05, 4.69) is 4.98 Å². The lowest BCUT2D eigenvalue weighted by Crippen LogP contribution is -1.92. The van der Waals surface area contributed by atoms with E-state index in [1.165, 1.54) is 0 Å². The Morgan fingerprint density at radius 3 is 2.85 bits per heavy atom. The van der Waals surface area contributed by atoms with Gasteiger partial charge in [-0.3, -0.25) is 4.98 Å². The zero-order chi connectivity index (χ0) is 13.9. The van der Waals surface area contributed by atoms with Crippen LogP contribution in [0.1, 0.15) is 5.56 Å². The lowest BCUT2D eigenvalue weighted by Gasteiger charge is -2.10. The Labute approximate surface area is 116 Å². The zero-order valence-corrected chi connectivity index (χ0v) is 10.8. The maximum atomic E-state index is 9.15. The predicted octanol–water partition coefficient (Wildman–Crippen LogP) is 3.10. The minimum atomic E-state index is -0.0127. The molecule has 4 nitrogen and oxygen atoms in total. The molecule has 0 saturated carbocycles. The van der Waals surface area contributed by atoms with Crippen molar-refractivity contribution in [2.45, 2.75) is 6.61 Å². The van der Waals surface area contributed by atoms with Gasteiger partial charge in [-0.15, -0.1) is 0 Å². The predicted molar refractivity (Wildman–Crippen MR) is 78.6 cm³/mol. The molecule has 100 valence electrons. The largest absolute Gasteiger partial charge is 0.457 e. The molecular formula is C16H14N2O2. The molecule has 0 amide bonds. The fraction of sp³-hybridized carbons (Fsp3) is 0.0625. The summed E-state index contributed by atoms with van der Waals surface area (Å²) in [6.07, 6.45) is 3.44. The highest BCUT2D eigenvalue weighted by Gasteiger charge is 2.06. The molecule has 2 aromatic carbocycles. The monoisotopic (exact) mass is 266 g/mol. The molecule has 0 atom stereocenters. The smallest absolute Gasteiger partial charge is 0.136 e. The Hall–Kier alpha value is -2.59. The van der Waals surface area contributed by atoms with Gasteiger partial charge in [0.2, 0.25) is 0 Å². The lowest BCUT2D eigenvalue weighted by atomic mass is 10.1. The van der Waals surface area contributed by atoms with Crippen LogP contribution < -0.4 is 10.5 Å². The molecule has 20 heavy (non-hydrogen) atoms. The van der Waals surface area contributed by atoms with E-state index >= 15 is 0 Å². The number of fused-ring (bicyclic) bond motifs is 1. The summed E-state index contributed by atoms with van der Waals surface area (Å²) in [4.78, 5) is 4.11. The summed E-state index contributed by atoms with van der Waals surface area (Å²) in [6.45, 7) is -0.0127. The summed E-state index contributed by atoms with van der Waals surface area (Å²) >= 11 is 0. The normalized spacial score (nSPS) is 10.7. The number of aromatic nitrogens is 1. The second kappa shape index (κ2) is 5.19. The van der Waals surface area contributed by atoms with Crippen molar-refractivity contribution in [2.24, 2.45) is 0 Å². The maximum Gasteiger partial charge on any atom is 0.136 e. The summed E-state index contributed by atoms with van der Waals surface area (Å²) in [5, 5.41) is 10.9. The van der Waals surface area contributed by atoms with Crippen LogP contribution in [0, 0.1) is 0 Å². The highest BCUT2D eigenvalue weighted by Crippen LogP contribution is 2.32. The maximum absolute atomic E-state index is 9.15. The molecule has 0 bridgehead atoms. The molecule has 0 saturated heterocycles. The van der Waals surface area contributed by atoms with Gasteiger partial charge < -0.3 is 15.6 Å². The fourth-order valence-electron chi connectivity index (χ4n) is 2.11. The van der Waals surface area contributed by atoms with Crippen LogP contribution in [0.5, 0.6) is 11.5 Å². The van der Waals surface area contributed by atoms with Gasteiger partial charge in [0.05, 0.1) is 6.61 Å². The third kappa shape index (κ3) is 2.29. The highest BCUT2D eigenvalue weighted by atomic mass is 16.5. The minimum absolute atomic E-state index is 0.0127. The van der Waals surface area contributed by atoms with Gasteiger partial charge in [0.25, 0.3) is 0 Å². The molecule has 3 aromatic rings. The first-order chi connectivity index (χ1) is 9.78. The van der Waals surface area contributed by atoms with E-state index in [1.54, 1.807) is 18.5 Å². The third-order valence-corrected chi connectivity index (χ3v) is 3.12. The SMILES string of the molecule is Nc1ccc(Oc2cccc(CO)c2)c2cnccc12. The molecule has 0 spiro atoms. The molecule has 0 aliphatic heterocycles. The van der Waals surface area contributed by atoms with Crippen LogP contribution in [-0.4, -0.2) is 10.1 Å². The van der Waals surface area contributed by atoms with Crippen molar-refractivity contribution in [3.63, 3.8) is 0 Å². The Morgan fingerprint density at radius 2 is 2.00 bits per heavy atom. The number of rotatable bonds is 3. The molecule has 0 radical (unpaired) electrons. The number of benzene rings is 2. The topological polar surface area (TPSA) is 68.4 Å². The number of nitrogens with two attached hydrogens (primary N) is 1. The van der Waals surface area contributed by atoms with Crippen molar-refractivity contribution in [1.82, 2.24) is 4.98 Å². The van der Waals surface area contributed by atoms with Crippen LogP contribution in [0.25, 0.3) is 10.8 Å². The standard InChI is InChI=1S/C16H14N2O2/c17-15-4-5-16(14-9-18-7-6-13(14)15)20-12-3-1-2-11(8-12)10-19/h1-9,19H,10,17H2. The number of anilines is 1. The van der Waals surface area contributed by atoms with Gasteiger partial charge in [-0.05, 0) is 35.9 Å². The van der Waals surface area contributed by atoms with Gasteiger partial charge in [-0.25, -0.2) is 0 Å². The van der Waals surface area contributed by atoms with Gasteiger partial charge in [0.15, 0.2) is 0 Å². The Morgan fingerprint density at radius 1 is 1.10 bits per heavy atom. The van der Waals surface area contributed by atoms with Crippen molar-refractivity contribution < 1.29 is 9.84 Å². The second-order valence-corrected chi connectivity index (χ2v) is 4.48. The molecule has 0 fully saturated rings. The van der Waals surface area contributed by atoms with Gasteiger partial charge >= 0.3 is 0 Å². The van der Waals surface area contributed by atoms with Crippen molar-refractivity contribution in [3.8, 4) is 11.5 Å². The Bertz CT molecular complexity index is 756. The Kier molecular flexibility index (Phi) is 3.23. The van der Waals surface area contributed by atoms with E-state index in [0.29, 0.717) is 17.2 Å². The third-order valence-electron chi connectivity index (χ3n) is 3.12. The number of pyridine rings is 1. The van der Waals surface area contributed by atoms with Crippen LogP contribution in [-0.2, 0) is 6.61 Å². The first-order valence-electron chi connectivity index (χ1n) is 6.28. The number of ether oxygens (including phenoxy) is 1. The summed E-state index contributed by atoms with van der Waals surface area (Å²) in [5.41, 5.74) is 7.45. The zero-order valence-electron chi connectivity index (χ0n) is 10.8. The van der Waals surface area contributed by atoms with E-state index < -0.39 is 0 Å². The van der Waals surface area contributed by atoms with Crippen LogP contribution in [0.2, 0.25) is 0 Å². The quantitative estimate of drug-likeness (QED) is 0.715. The first kappa shape index (κ1) is 12.4. The second-order valence-electron chi connectivity index (χ2n) is 4.48. The highest BCUT2D eigenvalue weighted by molar-refractivity contribution is 5.96. The summed E-state index contributed by atoms with van der Waals surface area (Å²) in [6, 6.07) is 12.8. The summed E-state index contributed by atoms with van der Waals surface area (Å²) < 4.78 is 5.88. The van der Waals surface area contributed by atoms with Crippen molar-refractivity contribution in [1.29, 1.82) is 0 Å². The lowest BCUT2D eigenvalue weighted by molar-refractivity contribution is 0.281. The molecule has 0 unspecified atom stereocenters. The van der Waals surface area contributed by atoms with Gasteiger partial charge in [-0.2, -0.15) is 0 Å². The first-order valence-corrected chi connectivity index (χ1v) is 6.28. The van der Waals surface area contributed by atoms with Crippen molar-refractivity contribution in [2.75, 3.05) is 5.73 Å². The van der Waals surface area contributed by atoms with Crippen LogP contribution in [0.15, 0.2) is 54.9 Å². The van der Waals surface area contributed by atoms with Crippen molar-refractivity contribution in [3.05, 3.63) is 60.4 Å². The van der Waals surface area contributed by atoms with Crippen LogP contribution in [0.3, 0.4) is 0 Å². The number of aliphatic hydroxyl groups excluding tert-OH is 1. The molecule has 0 aliphatic rings. The number of aliphatic hydroxyl groups is 1. The molecule has 1 aromatic heterocycles. The Balaban J connectivity index is 2.04.